The fraction of sp³-hybridized carbons (Fsp3) is 0.250. The van der Waals surface area contributed by atoms with Crippen LogP contribution in [-0.4, -0.2) is 19.9 Å². The molecule has 0 saturated heterocycles. The molecule has 146 valence electrons. The van der Waals surface area contributed by atoms with E-state index in [1.165, 1.54) is 20.5 Å². The zero-order valence-electron chi connectivity index (χ0n) is 17.1. The fourth-order valence-corrected chi connectivity index (χ4v) is 4.65. The molecule has 0 aliphatic carbocycles. The van der Waals surface area contributed by atoms with Gasteiger partial charge >= 0.3 is 0 Å². The zero-order chi connectivity index (χ0) is 20.1. The number of imidazole rings is 2. The predicted octanol–water partition coefficient (Wildman–Crippen LogP) is 7.08. The Morgan fingerprint density at radius 2 is 1.55 bits per heavy atom. The number of benzene rings is 2. The average Bonchev–Trinajstić information content (AvgIpc) is 3.43. The lowest BCUT2D eigenvalue weighted by atomic mass is 10.1. The smallest absolute Gasteiger partial charge is 0.109 e. The van der Waals surface area contributed by atoms with Gasteiger partial charge in [0.1, 0.15) is 11.6 Å². The van der Waals surface area contributed by atoms with Crippen molar-refractivity contribution >= 4 is 32.5 Å². The Kier molecular flexibility index (Phi) is 4.28. The van der Waals surface area contributed by atoms with Crippen LogP contribution >= 0.6 is 11.3 Å². The maximum atomic E-state index is 4.75. The number of rotatable bonds is 4. The van der Waals surface area contributed by atoms with Crippen molar-refractivity contribution < 1.29 is 0 Å². The van der Waals surface area contributed by atoms with Crippen LogP contribution in [0.5, 0.6) is 0 Å². The maximum absolute atomic E-state index is 4.75. The molecular weight excluding hydrogens is 376 g/mol. The monoisotopic (exact) mass is 400 g/mol. The minimum atomic E-state index is 0.402. The van der Waals surface area contributed by atoms with E-state index >= 15 is 0 Å². The molecule has 0 amide bonds. The Bertz CT molecular complexity index is 1250. The Hall–Kier alpha value is -2.92. The van der Waals surface area contributed by atoms with Crippen molar-refractivity contribution in [1.29, 1.82) is 0 Å². The summed E-state index contributed by atoms with van der Waals surface area (Å²) in [6, 6.07) is 15.4. The third-order valence-electron chi connectivity index (χ3n) is 5.31. The highest BCUT2D eigenvalue weighted by Gasteiger charge is 2.11. The van der Waals surface area contributed by atoms with Crippen LogP contribution in [0.25, 0.3) is 42.8 Å². The molecule has 2 aromatic carbocycles. The number of aromatic amines is 2. The van der Waals surface area contributed by atoms with Crippen LogP contribution < -0.4 is 0 Å². The lowest BCUT2D eigenvalue weighted by Gasteiger charge is -2.02. The second-order valence-electron chi connectivity index (χ2n) is 8.21. The van der Waals surface area contributed by atoms with Crippen molar-refractivity contribution in [3.8, 4) is 21.7 Å². The summed E-state index contributed by atoms with van der Waals surface area (Å²) in [6.07, 6.45) is 1.92. The molecule has 3 aromatic heterocycles. The van der Waals surface area contributed by atoms with Gasteiger partial charge in [-0.3, -0.25) is 0 Å². The maximum Gasteiger partial charge on any atom is 0.109 e. The van der Waals surface area contributed by atoms with E-state index in [0.29, 0.717) is 11.8 Å². The number of fused-ring (bicyclic) bond motifs is 2. The second-order valence-corrected chi connectivity index (χ2v) is 9.29. The van der Waals surface area contributed by atoms with Crippen LogP contribution in [0.4, 0.5) is 0 Å². The van der Waals surface area contributed by atoms with Crippen molar-refractivity contribution in [2.75, 3.05) is 0 Å². The topological polar surface area (TPSA) is 57.4 Å². The summed E-state index contributed by atoms with van der Waals surface area (Å²) < 4.78 is 1.27. The highest BCUT2D eigenvalue weighted by molar-refractivity contribution is 7.22. The van der Waals surface area contributed by atoms with Gasteiger partial charge in [-0.15, -0.1) is 11.3 Å². The quantitative estimate of drug-likeness (QED) is 0.338. The van der Waals surface area contributed by atoms with Gasteiger partial charge in [0.15, 0.2) is 0 Å². The number of H-pyrrole nitrogens is 2. The first-order valence-electron chi connectivity index (χ1n) is 10.1. The number of nitrogens with zero attached hydrogens (tertiary/aromatic N) is 2. The number of nitrogens with one attached hydrogen (secondary N) is 2. The molecule has 2 N–H and O–H groups in total. The Balaban J connectivity index is 1.48. The van der Waals surface area contributed by atoms with E-state index < -0.39 is 0 Å². The first-order valence-corrected chi connectivity index (χ1v) is 10.9. The van der Waals surface area contributed by atoms with Crippen molar-refractivity contribution in [3.05, 3.63) is 60.3 Å². The van der Waals surface area contributed by atoms with E-state index in [2.05, 4.69) is 85.1 Å². The van der Waals surface area contributed by atoms with Gasteiger partial charge in [-0.1, -0.05) is 52.0 Å². The molecule has 29 heavy (non-hydrogen) atoms. The molecule has 0 saturated carbocycles. The highest BCUT2D eigenvalue weighted by atomic mass is 32.1. The molecule has 5 heteroatoms. The van der Waals surface area contributed by atoms with Crippen molar-refractivity contribution in [3.63, 3.8) is 0 Å². The molecule has 0 aliphatic rings. The molecular formula is C24H24N4S. The van der Waals surface area contributed by atoms with Gasteiger partial charge < -0.3 is 9.97 Å². The van der Waals surface area contributed by atoms with Crippen LogP contribution in [0.3, 0.4) is 0 Å². The third-order valence-corrected chi connectivity index (χ3v) is 6.45. The summed E-state index contributed by atoms with van der Waals surface area (Å²) in [7, 11) is 0. The molecule has 0 spiro atoms. The first-order chi connectivity index (χ1) is 14.0. The number of thiophene rings is 1. The van der Waals surface area contributed by atoms with E-state index in [4.69, 9.17) is 4.98 Å². The molecule has 0 unspecified atom stereocenters. The number of aromatic nitrogens is 4. The molecule has 0 bridgehead atoms. The molecule has 5 aromatic rings. The molecule has 4 nitrogen and oxygen atoms in total. The summed E-state index contributed by atoms with van der Waals surface area (Å²) in [6.45, 7) is 8.62. The van der Waals surface area contributed by atoms with Gasteiger partial charge in [0.2, 0.25) is 0 Å². The molecule has 0 fully saturated rings. The zero-order valence-corrected chi connectivity index (χ0v) is 17.9. The van der Waals surface area contributed by atoms with Crippen LogP contribution in [0.2, 0.25) is 0 Å². The Morgan fingerprint density at radius 3 is 2.24 bits per heavy atom. The van der Waals surface area contributed by atoms with Gasteiger partial charge in [-0.05, 0) is 34.7 Å². The SMILES string of the molecule is CC(C)c1ncc(-c2ccc(-c3cc4cc5[nH]c(C(C)C)nc5cc4s3)cc2)[nH]1. The summed E-state index contributed by atoms with van der Waals surface area (Å²) >= 11 is 1.82. The van der Waals surface area contributed by atoms with E-state index in [0.717, 1.165) is 33.9 Å². The van der Waals surface area contributed by atoms with Crippen molar-refractivity contribution in [1.82, 2.24) is 19.9 Å². The van der Waals surface area contributed by atoms with Crippen LogP contribution in [0.1, 0.15) is 51.2 Å². The lowest BCUT2D eigenvalue weighted by molar-refractivity contribution is 0.795. The van der Waals surface area contributed by atoms with E-state index in [-0.39, 0.29) is 0 Å². The normalized spacial score (nSPS) is 12.1. The summed E-state index contributed by atoms with van der Waals surface area (Å²) in [4.78, 5) is 17.4. The first kappa shape index (κ1) is 18.1. The van der Waals surface area contributed by atoms with Gasteiger partial charge in [-0.2, -0.15) is 0 Å². The lowest BCUT2D eigenvalue weighted by Crippen LogP contribution is -1.89. The molecule has 0 aliphatic heterocycles. The average molecular weight is 401 g/mol. The molecule has 5 rings (SSSR count). The fourth-order valence-electron chi connectivity index (χ4n) is 3.57. The van der Waals surface area contributed by atoms with Gasteiger partial charge in [0, 0.05) is 21.4 Å². The van der Waals surface area contributed by atoms with Crippen LogP contribution in [0.15, 0.2) is 48.7 Å². The molecule has 0 radical (unpaired) electrons. The van der Waals surface area contributed by atoms with Gasteiger partial charge in [0.25, 0.3) is 0 Å². The van der Waals surface area contributed by atoms with Crippen LogP contribution in [0, 0.1) is 0 Å². The van der Waals surface area contributed by atoms with E-state index in [1.807, 2.05) is 17.5 Å². The largest absolute Gasteiger partial charge is 0.342 e. The number of hydrogen-bond acceptors (Lipinski definition) is 3. The highest BCUT2D eigenvalue weighted by Crippen LogP contribution is 2.36. The van der Waals surface area contributed by atoms with Gasteiger partial charge in [0.05, 0.1) is 22.9 Å². The summed E-state index contributed by atoms with van der Waals surface area (Å²) in [5.74, 6) is 2.88. The molecule has 3 heterocycles. The molecule has 0 atom stereocenters. The minimum Gasteiger partial charge on any atom is -0.342 e. The standard InChI is InChI=1S/C24H24N4S/c1-13(2)23-25-12-20(28-23)15-5-7-16(8-6-15)21-10-17-9-18-19(11-22(17)29-21)27-24(26-18)14(3)4/h5-14H,1-4H3,(H,25,28)(H,26,27). The Labute approximate surface area is 174 Å². The number of hydrogen-bond donors (Lipinski definition) is 2. The Morgan fingerprint density at radius 1 is 0.828 bits per heavy atom. The summed E-state index contributed by atoms with van der Waals surface area (Å²) in [5, 5.41) is 1.26. The van der Waals surface area contributed by atoms with Gasteiger partial charge in [-0.25, -0.2) is 9.97 Å². The van der Waals surface area contributed by atoms with E-state index in [9.17, 15) is 0 Å². The minimum absolute atomic E-state index is 0.402. The third kappa shape index (κ3) is 3.25. The van der Waals surface area contributed by atoms with Crippen LogP contribution in [-0.2, 0) is 0 Å². The summed E-state index contributed by atoms with van der Waals surface area (Å²) in [5.41, 5.74) is 5.62. The predicted molar refractivity (Wildman–Crippen MR) is 123 cm³/mol. The second kappa shape index (κ2) is 6.85. The van der Waals surface area contributed by atoms with Crippen molar-refractivity contribution in [2.24, 2.45) is 0 Å². The van der Waals surface area contributed by atoms with Crippen molar-refractivity contribution in [2.45, 2.75) is 39.5 Å². The van der Waals surface area contributed by atoms with E-state index in [1.54, 1.807) is 0 Å².